The van der Waals surface area contributed by atoms with Crippen LogP contribution < -0.4 is 0 Å². The van der Waals surface area contributed by atoms with Crippen LogP contribution in [-0.4, -0.2) is 0 Å². The first-order valence-corrected chi connectivity index (χ1v) is 14.1. The van der Waals surface area contributed by atoms with Crippen LogP contribution in [0.1, 0.15) is 22.3 Å². The highest BCUT2D eigenvalue weighted by Crippen LogP contribution is 2.39. The van der Waals surface area contributed by atoms with E-state index in [1.807, 2.05) is 43.2 Å². The maximum Gasteiger partial charge on any atom is 0.0186 e. The van der Waals surface area contributed by atoms with E-state index in [4.69, 9.17) is 0 Å². The van der Waals surface area contributed by atoms with Crippen molar-refractivity contribution in [2.45, 2.75) is 32.4 Å². The van der Waals surface area contributed by atoms with Crippen LogP contribution in [0.25, 0.3) is 0 Å². The molecule has 10 aliphatic heterocycles. The van der Waals surface area contributed by atoms with E-state index in [0.717, 1.165) is 12.8 Å². The number of rotatable bonds is 0. The number of benzene rings is 4. The second-order valence-electron chi connectivity index (χ2n) is 7.26. The number of hydrogen-bond acceptors (Lipinski definition) is 4. The molecule has 8 bridgehead atoms. The fourth-order valence-corrected chi connectivity index (χ4v) is 7.18. The van der Waals surface area contributed by atoms with Crippen LogP contribution >= 0.6 is 43.2 Å². The predicted octanol–water partition coefficient (Wildman–Crippen LogP) is 8.78. The Kier molecular flexibility index (Phi) is 6.47. The van der Waals surface area contributed by atoms with Crippen LogP contribution in [0.15, 0.2) is 117 Å². The third-order valence-corrected chi connectivity index (χ3v) is 9.81. The normalized spacial score (nSPS) is 13.9. The molecule has 0 fully saturated rings. The molecule has 148 valence electrons. The zero-order valence-corrected chi connectivity index (χ0v) is 19.6. The first-order valence-electron chi connectivity index (χ1n) is 9.85. The van der Waals surface area contributed by atoms with Crippen LogP contribution in [-0.2, 0) is 12.8 Å². The molecule has 4 aromatic carbocycles. The van der Waals surface area contributed by atoms with Gasteiger partial charge in [0.2, 0.25) is 0 Å². The third kappa shape index (κ3) is 5.30. The van der Waals surface area contributed by atoms with Gasteiger partial charge in [0.15, 0.2) is 0 Å². The summed E-state index contributed by atoms with van der Waals surface area (Å²) in [6.45, 7) is 0. The van der Waals surface area contributed by atoms with Crippen LogP contribution in [0.2, 0.25) is 0 Å². The Morgan fingerprint density at radius 3 is 0.700 bits per heavy atom. The van der Waals surface area contributed by atoms with E-state index in [1.54, 1.807) is 0 Å². The summed E-state index contributed by atoms with van der Waals surface area (Å²) in [6.07, 6.45) is 1.94. The monoisotopic (exact) mass is 460 g/mol. The Morgan fingerprint density at radius 2 is 0.500 bits per heavy atom. The van der Waals surface area contributed by atoms with Gasteiger partial charge in [0.1, 0.15) is 0 Å². The molecule has 0 saturated heterocycles. The summed E-state index contributed by atoms with van der Waals surface area (Å²) in [5.74, 6) is 0. The van der Waals surface area contributed by atoms with E-state index in [9.17, 15) is 0 Å². The Labute approximate surface area is 194 Å². The molecule has 30 heavy (non-hydrogen) atoms. The van der Waals surface area contributed by atoms with Crippen LogP contribution in [0, 0.1) is 0 Å². The quantitative estimate of drug-likeness (QED) is 0.240. The molecule has 4 aromatic rings. The fraction of sp³-hybridized carbons (Fsp3) is 0.0769. The second-order valence-corrected chi connectivity index (χ2v) is 11.8. The first kappa shape index (κ1) is 20.2. The van der Waals surface area contributed by atoms with Gasteiger partial charge in [0, 0.05) is 19.6 Å². The predicted molar refractivity (Wildman–Crippen MR) is 135 cm³/mol. The maximum atomic E-state index is 2.25. The summed E-state index contributed by atoms with van der Waals surface area (Å²) in [7, 11) is 7.28. The van der Waals surface area contributed by atoms with Crippen molar-refractivity contribution < 1.29 is 0 Å². The molecular formula is C26H20S4. The lowest BCUT2D eigenvalue weighted by Gasteiger charge is -2.08. The molecule has 0 N–H and O–H groups in total. The average molecular weight is 461 g/mol. The molecule has 0 saturated carbocycles. The smallest absolute Gasteiger partial charge is 0.0186 e. The zero-order valence-electron chi connectivity index (χ0n) is 16.3. The van der Waals surface area contributed by atoms with Crippen LogP contribution in [0.5, 0.6) is 0 Å². The van der Waals surface area contributed by atoms with Crippen LogP contribution in [0.4, 0.5) is 0 Å². The molecule has 0 amide bonds. The Hall–Kier alpha value is -1.72. The summed E-state index contributed by atoms with van der Waals surface area (Å²) >= 11 is 0. The minimum atomic E-state index is 0.971. The molecule has 10 aliphatic rings. The Morgan fingerprint density at radius 1 is 0.300 bits per heavy atom. The topological polar surface area (TPSA) is 0 Å². The Balaban J connectivity index is 1.41. The lowest BCUT2D eigenvalue weighted by Crippen LogP contribution is -1.88. The van der Waals surface area contributed by atoms with Crippen molar-refractivity contribution in [1.29, 1.82) is 0 Å². The van der Waals surface area contributed by atoms with Crippen molar-refractivity contribution in [3.63, 3.8) is 0 Å². The van der Waals surface area contributed by atoms with E-state index < -0.39 is 0 Å². The summed E-state index contributed by atoms with van der Waals surface area (Å²) in [4.78, 5) is 5.16. The fourth-order valence-electron chi connectivity index (χ4n) is 3.32. The summed E-state index contributed by atoms with van der Waals surface area (Å²) in [5, 5.41) is 0. The van der Waals surface area contributed by atoms with Gasteiger partial charge >= 0.3 is 0 Å². The van der Waals surface area contributed by atoms with Gasteiger partial charge in [0.25, 0.3) is 0 Å². The highest BCUT2D eigenvalue weighted by molar-refractivity contribution is 8.77. The molecule has 0 unspecified atom stereocenters. The van der Waals surface area contributed by atoms with Crippen molar-refractivity contribution in [3.8, 4) is 0 Å². The molecule has 10 heterocycles. The minimum absolute atomic E-state index is 0.971. The largest absolute Gasteiger partial charge is 0.0576 e. The van der Waals surface area contributed by atoms with Gasteiger partial charge in [-0.15, -0.1) is 0 Å². The van der Waals surface area contributed by atoms with Crippen molar-refractivity contribution in [3.05, 3.63) is 119 Å². The van der Waals surface area contributed by atoms with Crippen molar-refractivity contribution in [1.82, 2.24) is 0 Å². The molecule has 0 aromatic heterocycles. The SMILES string of the molecule is c1cc2ccc1Cc1ccc(cc1)SSc1ccc(cc1)Cc1ccc(cc1)SS2. The molecule has 0 radical (unpaired) electrons. The lowest BCUT2D eigenvalue weighted by atomic mass is 10.1. The summed E-state index contributed by atoms with van der Waals surface area (Å²) in [5.41, 5.74) is 5.41. The van der Waals surface area contributed by atoms with Gasteiger partial charge in [-0.25, -0.2) is 0 Å². The zero-order chi connectivity index (χ0) is 20.2. The highest BCUT2D eigenvalue weighted by Gasteiger charge is 2.04. The van der Waals surface area contributed by atoms with Crippen molar-refractivity contribution in [2.75, 3.05) is 0 Å². The lowest BCUT2D eigenvalue weighted by molar-refractivity contribution is 1.17. The van der Waals surface area contributed by atoms with Gasteiger partial charge in [-0.1, -0.05) is 91.7 Å². The second kappa shape index (κ2) is 9.61. The van der Waals surface area contributed by atoms with E-state index >= 15 is 0 Å². The van der Waals surface area contributed by atoms with Gasteiger partial charge in [-0.2, -0.15) is 0 Å². The van der Waals surface area contributed by atoms with Gasteiger partial charge in [0.05, 0.1) is 0 Å². The van der Waals surface area contributed by atoms with Gasteiger partial charge in [-0.3, -0.25) is 0 Å². The standard InChI is InChI=1S/C26H20S4/c1-9-23-10-2-19(1)17-20-3-11-25(12-4-20)29-30-26-15-7-22(8-16-26)18-21-5-13-24(14-6-21)28-27-23/h1-16H,17-18H2. The molecule has 4 heteroatoms. The highest BCUT2D eigenvalue weighted by atomic mass is 33.1. The van der Waals surface area contributed by atoms with E-state index in [1.165, 1.54) is 41.8 Å². The first-order chi connectivity index (χ1) is 14.8. The molecule has 0 nitrogen and oxygen atoms in total. The third-order valence-electron chi connectivity index (χ3n) is 4.98. The minimum Gasteiger partial charge on any atom is -0.0576 e. The molecule has 0 aliphatic carbocycles. The van der Waals surface area contributed by atoms with E-state index in [2.05, 4.69) is 97.1 Å². The molecule has 0 spiro atoms. The average Bonchev–Trinajstić information content (AvgIpc) is 2.80. The summed E-state index contributed by atoms with van der Waals surface area (Å²) < 4.78 is 0. The van der Waals surface area contributed by atoms with Gasteiger partial charge < -0.3 is 0 Å². The molecule has 14 rings (SSSR count). The van der Waals surface area contributed by atoms with Crippen molar-refractivity contribution >= 4 is 43.2 Å². The maximum absolute atomic E-state index is 2.25. The molecular weight excluding hydrogens is 441 g/mol. The summed E-state index contributed by atoms with van der Waals surface area (Å²) in [6, 6.07) is 35.9. The number of hydrogen-bond donors (Lipinski definition) is 0. The van der Waals surface area contributed by atoms with Crippen molar-refractivity contribution in [2.24, 2.45) is 0 Å². The van der Waals surface area contributed by atoms with Gasteiger partial charge in [-0.05, 0) is 83.6 Å². The van der Waals surface area contributed by atoms with E-state index in [0.29, 0.717) is 0 Å². The molecule has 0 atom stereocenters. The van der Waals surface area contributed by atoms with Crippen LogP contribution in [0.3, 0.4) is 0 Å². The Bertz CT molecular complexity index is 916. The van der Waals surface area contributed by atoms with E-state index in [-0.39, 0.29) is 0 Å².